The first-order valence-electron chi connectivity index (χ1n) is 6.48. The molecule has 0 spiro atoms. The summed E-state index contributed by atoms with van der Waals surface area (Å²) in [6.07, 6.45) is 3.06. The summed E-state index contributed by atoms with van der Waals surface area (Å²) in [5, 5.41) is 10.00. The van der Waals surface area contributed by atoms with Crippen LogP contribution in [-0.2, 0) is 4.79 Å². The Labute approximate surface area is 121 Å². The van der Waals surface area contributed by atoms with Crippen molar-refractivity contribution in [3.63, 3.8) is 0 Å². The van der Waals surface area contributed by atoms with Crippen molar-refractivity contribution in [3.8, 4) is 5.95 Å². The van der Waals surface area contributed by atoms with Crippen LogP contribution in [0, 0.1) is 0 Å². The van der Waals surface area contributed by atoms with Gasteiger partial charge in [0.05, 0.1) is 0 Å². The molecule has 0 saturated heterocycles. The van der Waals surface area contributed by atoms with Crippen LogP contribution < -0.4 is 16.4 Å². The number of nitrogens with one attached hydrogen (secondary N) is 2. The normalized spacial score (nSPS) is 11.9. The second-order valence-electron chi connectivity index (χ2n) is 4.37. The molecule has 10 heteroatoms. The lowest BCUT2D eigenvalue weighted by molar-refractivity contribution is -0.118. The topological polar surface area (TPSA) is 137 Å². The zero-order valence-corrected chi connectivity index (χ0v) is 11.8. The number of primary amides is 1. The first kappa shape index (κ1) is 14.6. The van der Waals surface area contributed by atoms with Gasteiger partial charge in [0.25, 0.3) is 5.95 Å². The molecule has 4 N–H and O–H groups in total. The number of nitrogens with zero attached hydrogens (tertiary/aromatic N) is 6. The van der Waals surface area contributed by atoms with Crippen LogP contribution in [0.3, 0.4) is 0 Å². The van der Waals surface area contributed by atoms with Crippen molar-refractivity contribution < 1.29 is 4.79 Å². The number of rotatable bonds is 7. The van der Waals surface area contributed by atoms with Crippen LogP contribution in [0.25, 0.3) is 5.95 Å². The average molecular weight is 291 g/mol. The first-order chi connectivity index (χ1) is 10.1. The van der Waals surface area contributed by atoms with E-state index in [1.54, 1.807) is 0 Å². The molecule has 1 unspecified atom stereocenters. The van der Waals surface area contributed by atoms with Gasteiger partial charge in [-0.05, 0) is 13.8 Å². The second-order valence-corrected chi connectivity index (χ2v) is 4.37. The SMILES string of the molecule is CCNc1nc(NC(C)CC(N)=O)nc(-n2cncn2)n1. The van der Waals surface area contributed by atoms with E-state index in [1.807, 2.05) is 13.8 Å². The van der Waals surface area contributed by atoms with E-state index in [4.69, 9.17) is 5.73 Å². The molecule has 0 fully saturated rings. The maximum absolute atomic E-state index is 10.9. The predicted molar refractivity (Wildman–Crippen MR) is 75.8 cm³/mol. The molecule has 1 atom stereocenters. The number of amides is 1. The fraction of sp³-hybridized carbons (Fsp3) is 0.455. The molecular weight excluding hydrogens is 274 g/mol. The number of hydrogen-bond donors (Lipinski definition) is 3. The van der Waals surface area contributed by atoms with Crippen molar-refractivity contribution in [1.82, 2.24) is 29.7 Å². The zero-order valence-electron chi connectivity index (χ0n) is 11.8. The molecule has 2 heterocycles. The van der Waals surface area contributed by atoms with Gasteiger partial charge in [0.2, 0.25) is 17.8 Å². The Morgan fingerprint density at radius 2 is 2.14 bits per heavy atom. The van der Waals surface area contributed by atoms with Gasteiger partial charge in [0.1, 0.15) is 12.7 Å². The molecule has 1 amide bonds. The van der Waals surface area contributed by atoms with Crippen molar-refractivity contribution in [2.75, 3.05) is 17.2 Å². The van der Waals surface area contributed by atoms with Crippen LogP contribution in [0.5, 0.6) is 0 Å². The Bertz CT molecular complexity index is 598. The molecule has 0 aliphatic rings. The molecule has 0 saturated carbocycles. The number of hydrogen-bond acceptors (Lipinski definition) is 8. The third-order valence-electron chi connectivity index (χ3n) is 2.47. The van der Waals surface area contributed by atoms with E-state index in [2.05, 4.69) is 35.7 Å². The number of carbonyl (C=O) groups excluding carboxylic acids is 1. The highest BCUT2D eigenvalue weighted by molar-refractivity contribution is 5.74. The van der Waals surface area contributed by atoms with Gasteiger partial charge in [-0.2, -0.15) is 24.7 Å². The van der Waals surface area contributed by atoms with Crippen molar-refractivity contribution in [2.24, 2.45) is 5.73 Å². The van der Waals surface area contributed by atoms with Crippen LogP contribution >= 0.6 is 0 Å². The Morgan fingerprint density at radius 1 is 1.38 bits per heavy atom. The minimum atomic E-state index is -0.396. The number of anilines is 2. The Morgan fingerprint density at radius 3 is 2.76 bits per heavy atom. The molecule has 10 nitrogen and oxygen atoms in total. The minimum absolute atomic E-state index is 0.181. The van der Waals surface area contributed by atoms with Gasteiger partial charge in [0, 0.05) is 19.0 Å². The molecule has 112 valence electrons. The van der Waals surface area contributed by atoms with Crippen LogP contribution in [0.1, 0.15) is 20.3 Å². The van der Waals surface area contributed by atoms with Crippen molar-refractivity contribution >= 4 is 17.8 Å². The highest BCUT2D eigenvalue weighted by Gasteiger charge is 2.12. The monoisotopic (exact) mass is 291 g/mol. The maximum atomic E-state index is 10.9. The minimum Gasteiger partial charge on any atom is -0.370 e. The number of nitrogens with two attached hydrogens (primary N) is 1. The summed E-state index contributed by atoms with van der Waals surface area (Å²) in [5.74, 6) is 0.673. The van der Waals surface area contributed by atoms with E-state index >= 15 is 0 Å². The summed E-state index contributed by atoms with van der Waals surface area (Å²) >= 11 is 0. The van der Waals surface area contributed by atoms with E-state index in [0.29, 0.717) is 24.4 Å². The Hall–Kier alpha value is -2.78. The highest BCUT2D eigenvalue weighted by Crippen LogP contribution is 2.10. The van der Waals surface area contributed by atoms with Crippen molar-refractivity contribution in [1.29, 1.82) is 0 Å². The second kappa shape index (κ2) is 6.59. The Kier molecular flexibility index (Phi) is 4.59. The van der Waals surface area contributed by atoms with E-state index in [1.165, 1.54) is 17.3 Å². The molecule has 21 heavy (non-hydrogen) atoms. The van der Waals surface area contributed by atoms with Gasteiger partial charge in [-0.1, -0.05) is 0 Å². The summed E-state index contributed by atoms with van der Waals surface area (Å²) in [5.41, 5.74) is 5.16. The average Bonchev–Trinajstić information content (AvgIpc) is 2.91. The lowest BCUT2D eigenvalue weighted by Gasteiger charge is -2.13. The van der Waals surface area contributed by atoms with Crippen molar-refractivity contribution in [3.05, 3.63) is 12.7 Å². The molecule has 2 rings (SSSR count). The van der Waals surface area contributed by atoms with Crippen molar-refractivity contribution in [2.45, 2.75) is 26.3 Å². The molecule has 0 aliphatic heterocycles. The fourth-order valence-electron chi connectivity index (χ4n) is 1.65. The van der Waals surface area contributed by atoms with Gasteiger partial charge in [-0.15, -0.1) is 0 Å². The molecule has 2 aromatic rings. The smallest absolute Gasteiger partial charge is 0.258 e. The first-order valence-corrected chi connectivity index (χ1v) is 6.48. The lowest BCUT2D eigenvalue weighted by Crippen LogP contribution is -2.25. The lowest BCUT2D eigenvalue weighted by atomic mass is 10.2. The third-order valence-corrected chi connectivity index (χ3v) is 2.47. The van der Waals surface area contributed by atoms with Crippen LogP contribution in [0.15, 0.2) is 12.7 Å². The quantitative estimate of drug-likeness (QED) is 0.624. The summed E-state index contributed by atoms with van der Waals surface area (Å²) in [7, 11) is 0. The number of carbonyl (C=O) groups is 1. The molecular formula is C11H17N9O. The summed E-state index contributed by atoms with van der Waals surface area (Å²) in [6, 6.07) is -0.192. The third kappa shape index (κ3) is 4.09. The van der Waals surface area contributed by atoms with E-state index < -0.39 is 5.91 Å². The molecule has 0 bridgehead atoms. The molecule has 2 aromatic heterocycles. The zero-order chi connectivity index (χ0) is 15.2. The van der Waals surface area contributed by atoms with Gasteiger partial charge in [-0.3, -0.25) is 4.79 Å². The Balaban J connectivity index is 2.25. The summed E-state index contributed by atoms with van der Waals surface area (Å²) in [4.78, 5) is 27.5. The molecule has 0 radical (unpaired) electrons. The van der Waals surface area contributed by atoms with Crippen LogP contribution in [0.2, 0.25) is 0 Å². The maximum Gasteiger partial charge on any atom is 0.258 e. The molecule has 0 aromatic carbocycles. The standard InChI is InChI=1S/C11H17N9O/c1-3-14-9-17-10(16-7(2)4-8(12)21)19-11(18-9)20-6-13-5-15-20/h5-7H,3-4H2,1-2H3,(H2,12,21)(H2,14,16,17,18,19). The molecule has 0 aliphatic carbocycles. The highest BCUT2D eigenvalue weighted by atomic mass is 16.1. The van der Waals surface area contributed by atoms with Crippen LogP contribution in [0.4, 0.5) is 11.9 Å². The van der Waals surface area contributed by atoms with Gasteiger partial charge < -0.3 is 16.4 Å². The summed E-state index contributed by atoms with van der Waals surface area (Å²) < 4.78 is 1.42. The van der Waals surface area contributed by atoms with Gasteiger partial charge in [0.15, 0.2) is 0 Å². The van der Waals surface area contributed by atoms with Gasteiger partial charge >= 0.3 is 0 Å². The van der Waals surface area contributed by atoms with E-state index in [-0.39, 0.29) is 12.5 Å². The largest absolute Gasteiger partial charge is 0.370 e. The number of aromatic nitrogens is 6. The summed E-state index contributed by atoms with van der Waals surface area (Å²) in [6.45, 7) is 4.41. The van der Waals surface area contributed by atoms with Gasteiger partial charge in [-0.25, -0.2) is 4.98 Å². The van der Waals surface area contributed by atoms with Crippen LogP contribution in [-0.4, -0.2) is 48.2 Å². The fourth-order valence-corrected chi connectivity index (χ4v) is 1.65. The van der Waals surface area contributed by atoms with E-state index in [0.717, 1.165) is 0 Å². The van der Waals surface area contributed by atoms with E-state index in [9.17, 15) is 4.79 Å². The predicted octanol–water partition coefficient (Wildman–Crippen LogP) is -0.440.